The van der Waals surface area contributed by atoms with Crippen molar-refractivity contribution in [3.63, 3.8) is 0 Å². The second-order valence-corrected chi connectivity index (χ2v) is 10.8. The number of likely N-dealkylation sites (tertiary alicyclic amines) is 1. The lowest BCUT2D eigenvalue weighted by Crippen LogP contribution is -2.53. The molecule has 0 spiro atoms. The molecule has 188 valence electrons. The molecular formula is C24H31N5O5S. The van der Waals surface area contributed by atoms with E-state index >= 15 is 0 Å². The van der Waals surface area contributed by atoms with E-state index in [4.69, 9.17) is 10.5 Å². The van der Waals surface area contributed by atoms with E-state index < -0.39 is 16.0 Å². The Morgan fingerprint density at radius 1 is 1.06 bits per heavy atom. The van der Waals surface area contributed by atoms with Gasteiger partial charge in [0.1, 0.15) is 5.82 Å². The van der Waals surface area contributed by atoms with Gasteiger partial charge in [-0.2, -0.15) is 4.31 Å². The van der Waals surface area contributed by atoms with Crippen molar-refractivity contribution in [2.45, 2.75) is 24.3 Å². The number of ether oxygens (including phenoxy) is 1. The van der Waals surface area contributed by atoms with Gasteiger partial charge in [0, 0.05) is 44.8 Å². The average molecular weight is 502 g/mol. The molecule has 10 nitrogen and oxygen atoms in total. The van der Waals surface area contributed by atoms with E-state index in [1.54, 1.807) is 23.2 Å². The Labute approximate surface area is 205 Å². The number of carbonyl (C=O) groups excluding carboxylic acids is 2. The topological polar surface area (TPSA) is 126 Å². The molecule has 0 unspecified atom stereocenters. The number of nitrogens with two attached hydrogens (primary N) is 1. The maximum Gasteiger partial charge on any atom is 0.339 e. The van der Waals surface area contributed by atoms with E-state index in [1.165, 1.54) is 23.5 Å². The van der Waals surface area contributed by atoms with Crippen LogP contribution in [0.25, 0.3) is 0 Å². The molecule has 11 heteroatoms. The van der Waals surface area contributed by atoms with E-state index in [0.29, 0.717) is 18.9 Å². The molecule has 1 aromatic carbocycles. The number of sulfonamides is 1. The first-order valence-corrected chi connectivity index (χ1v) is 13.1. The number of amides is 1. The van der Waals surface area contributed by atoms with Crippen molar-refractivity contribution in [1.82, 2.24) is 19.1 Å². The highest BCUT2D eigenvalue weighted by atomic mass is 32.2. The number of esters is 1. The molecule has 1 amide bonds. The van der Waals surface area contributed by atoms with Crippen molar-refractivity contribution in [3.8, 4) is 0 Å². The van der Waals surface area contributed by atoms with Crippen LogP contribution in [0.1, 0.15) is 28.8 Å². The number of nitrogens with zero attached hydrogens (tertiary/aromatic N) is 4. The summed E-state index contributed by atoms with van der Waals surface area (Å²) >= 11 is 0. The Morgan fingerprint density at radius 2 is 1.74 bits per heavy atom. The molecule has 2 aliphatic heterocycles. The Kier molecular flexibility index (Phi) is 7.68. The molecular weight excluding hydrogens is 470 g/mol. The van der Waals surface area contributed by atoms with Gasteiger partial charge in [0.2, 0.25) is 15.9 Å². The monoisotopic (exact) mass is 501 g/mol. The second kappa shape index (κ2) is 10.7. The van der Waals surface area contributed by atoms with Crippen molar-refractivity contribution in [2.24, 2.45) is 5.92 Å². The van der Waals surface area contributed by atoms with Crippen LogP contribution in [0.2, 0.25) is 0 Å². The summed E-state index contributed by atoms with van der Waals surface area (Å²) in [4.78, 5) is 33.2. The van der Waals surface area contributed by atoms with Crippen LogP contribution in [-0.4, -0.2) is 85.8 Å². The molecule has 2 N–H and O–H groups in total. The molecule has 3 heterocycles. The first kappa shape index (κ1) is 25.1. The van der Waals surface area contributed by atoms with E-state index in [0.717, 1.165) is 38.0 Å². The highest BCUT2D eigenvalue weighted by Gasteiger charge is 2.35. The van der Waals surface area contributed by atoms with Crippen molar-refractivity contribution in [1.29, 1.82) is 0 Å². The smallest absolute Gasteiger partial charge is 0.339 e. The minimum absolute atomic E-state index is 0.00900. The minimum atomic E-state index is -3.89. The normalized spacial score (nSPS) is 18.4. The van der Waals surface area contributed by atoms with Crippen LogP contribution in [0.3, 0.4) is 0 Å². The van der Waals surface area contributed by atoms with Crippen molar-refractivity contribution >= 4 is 27.7 Å². The molecule has 2 aliphatic rings. The van der Waals surface area contributed by atoms with E-state index in [1.807, 2.05) is 12.1 Å². The summed E-state index contributed by atoms with van der Waals surface area (Å²) in [6.07, 6.45) is 3.24. The first-order chi connectivity index (χ1) is 16.8. The third kappa shape index (κ3) is 5.63. The third-order valence-corrected chi connectivity index (χ3v) is 8.61. The summed E-state index contributed by atoms with van der Waals surface area (Å²) in [5.41, 5.74) is 6.88. The highest BCUT2D eigenvalue weighted by molar-refractivity contribution is 7.89. The van der Waals surface area contributed by atoms with Gasteiger partial charge in [-0.3, -0.25) is 9.69 Å². The number of rotatable bonds is 6. The minimum Gasteiger partial charge on any atom is -0.465 e. The second-order valence-electron chi connectivity index (χ2n) is 8.86. The van der Waals surface area contributed by atoms with Crippen LogP contribution in [-0.2, 0) is 26.1 Å². The molecule has 0 radical (unpaired) electrons. The molecule has 35 heavy (non-hydrogen) atoms. The highest BCUT2D eigenvalue weighted by Crippen LogP contribution is 2.25. The summed E-state index contributed by atoms with van der Waals surface area (Å²) in [6.45, 7) is 3.44. The molecule has 1 aromatic heterocycles. The molecule has 0 atom stereocenters. The lowest BCUT2D eigenvalue weighted by Gasteiger charge is -2.38. The van der Waals surface area contributed by atoms with Gasteiger partial charge in [0.15, 0.2) is 0 Å². The molecule has 2 aromatic rings. The zero-order valence-electron chi connectivity index (χ0n) is 19.8. The Bertz CT molecular complexity index is 1170. The number of methoxy groups -OCH3 is 1. The largest absolute Gasteiger partial charge is 0.465 e. The summed E-state index contributed by atoms with van der Waals surface area (Å²) in [6, 6.07) is 9.84. The van der Waals surface area contributed by atoms with Crippen molar-refractivity contribution in [2.75, 3.05) is 52.1 Å². The fourth-order valence-corrected chi connectivity index (χ4v) is 6.31. The number of nitrogen functional groups attached to an aromatic ring is 1. The number of hydrogen-bond donors (Lipinski definition) is 1. The van der Waals surface area contributed by atoms with Crippen LogP contribution in [0.4, 0.5) is 5.82 Å². The van der Waals surface area contributed by atoms with Crippen LogP contribution in [0.15, 0.2) is 47.5 Å². The Morgan fingerprint density at radius 3 is 2.40 bits per heavy atom. The first-order valence-electron chi connectivity index (χ1n) is 11.7. The van der Waals surface area contributed by atoms with Crippen LogP contribution in [0.5, 0.6) is 0 Å². The van der Waals surface area contributed by atoms with Gasteiger partial charge in [-0.25, -0.2) is 18.2 Å². The van der Waals surface area contributed by atoms with Crippen LogP contribution >= 0.6 is 0 Å². The Hall–Kier alpha value is -3.02. The van der Waals surface area contributed by atoms with Gasteiger partial charge < -0.3 is 15.4 Å². The van der Waals surface area contributed by atoms with E-state index in [2.05, 4.69) is 9.88 Å². The number of benzene rings is 1. The van der Waals surface area contributed by atoms with Crippen molar-refractivity contribution in [3.05, 3.63) is 53.7 Å². The van der Waals surface area contributed by atoms with E-state index in [9.17, 15) is 18.0 Å². The fourth-order valence-electron chi connectivity index (χ4n) is 4.71. The summed E-state index contributed by atoms with van der Waals surface area (Å²) < 4.78 is 32.5. The summed E-state index contributed by atoms with van der Waals surface area (Å²) in [5.74, 6) is -0.166. The lowest BCUT2D eigenvalue weighted by atomic mass is 9.94. The predicted octanol–water partition coefficient (Wildman–Crippen LogP) is 1.20. The zero-order chi connectivity index (χ0) is 25.0. The number of pyridine rings is 1. The predicted molar refractivity (Wildman–Crippen MR) is 130 cm³/mol. The zero-order valence-corrected chi connectivity index (χ0v) is 20.6. The summed E-state index contributed by atoms with van der Waals surface area (Å²) in [7, 11) is -2.67. The van der Waals surface area contributed by atoms with Gasteiger partial charge in [0.25, 0.3) is 0 Å². The number of piperidine rings is 1. The third-order valence-electron chi connectivity index (χ3n) is 6.65. The average Bonchev–Trinajstić information content (AvgIpc) is 2.88. The number of anilines is 1. The number of piperazine rings is 1. The van der Waals surface area contributed by atoms with Crippen LogP contribution in [0, 0.1) is 5.92 Å². The molecule has 4 rings (SSSR count). The van der Waals surface area contributed by atoms with Crippen molar-refractivity contribution < 1.29 is 22.7 Å². The lowest BCUT2D eigenvalue weighted by molar-refractivity contribution is -0.138. The molecule has 0 aliphatic carbocycles. The number of hydrogen-bond acceptors (Lipinski definition) is 8. The van der Waals surface area contributed by atoms with Gasteiger partial charge in [-0.05, 0) is 55.8 Å². The molecule has 2 fully saturated rings. The Balaban J connectivity index is 1.31. The van der Waals surface area contributed by atoms with Crippen LogP contribution < -0.4 is 5.73 Å². The van der Waals surface area contributed by atoms with Gasteiger partial charge in [-0.15, -0.1) is 0 Å². The number of carbonyl (C=O) groups is 2. The standard InChI is InChI=1S/C24H31N5O5S/c1-34-24(31)20-4-2-3-5-21(20)35(32,33)29-14-12-28(13-15-29)23(30)19-7-10-27(11-8-19)17-18-6-9-26-22(25)16-18/h2-6,9,16,19H,7-8,10-15,17H2,1H3,(H2,25,26). The molecule has 2 saturated heterocycles. The maximum absolute atomic E-state index is 13.2. The number of aromatic nitrogens is 1. The maximum atomic E-state index is 13.2. The van der Waals surface area contributed by atoms with Gasteiger partial charge in [0.05, 0.1) is 17.6 Å². The van der Waals surface area contributed by atoms with Gasteiger partial charge >= 0.3 is 5.97 Å². The fraction of sp³-hybridized carbons (Fsp3) is 0.458. The van der Waals surface area contributed by atoms with Gasteiger partial charge in [-0.1, -0.05) is 12.1 Å². The van der Waals surface area contributed by atoms with E-state index in [-0.39, 0.29) is 35.4 Å². The quantitative estimate of drug-likeness (QED) is 0.585. The summed E-state index contributed by atoms with van der Waals surface area (Å²) in [5, 5.41) is 0. The molecule has 0 saturated carbocycles. The molecule has 0 bridgehead atoms. The SMILES string of the molecule is COC(=O)c1ccccc1S(=O)(=O)N1CCN(C(=O)C2CCN(Cc3ccnc(N)c3)CC2)CC1.